The quantitative estimate of drug-likeness (QED) is 0.165. The third-order valence-corrected chi connectivity index (χ3v) is 8.23. The van der Waals surface area contributed by atoms with Crippen molar-refractivity contribution in [3.05, 3.63) is 123 Å². The number of hydrogen-bond acceptors (Lipinski definition) is 0. The predicted molar refractivity (Wildman–Crippen MR) is 164 cm³/mol. The Morgan fingerprint density at radius 3 is 1.57 bits per heavy atom. The van der Waals surface area contributed by atoms with Crippen molar-refractivity contribution in [1.29, 1.82) is 0 Å². The molecule has 4 aromatic rings. The summed E-state index contributed by atoms with van der Waals surface area (Å²) in [5.74, 6) is 0. The van der Waals surface area contributed by atoms with E-state index in [0.717, 1.165) is 30.7 Å². The van der Waals surface area contributed by atoms with E-state index in [4.69, 9.17) is 0 Å². The van der Waals surface area contributed by atoms with E-state index in [0.29, 0.717) is 12.1 Å². The number of rotatable bonds is 1. The van der Waals surface area contributed by atoms with Crippen molar-refractivity contribution in [3.63, 3.8) is 0 Å². The summed E-state index contributed by atoms with van der Waals surface area (Å²) in [7, 11) is 0. The summed E-state index contributed by atoms with van der Waals surface area (Å²) in [4.78, 5) is 0. The number of aryl methyl sites for hydroxylation is 2. The van der Waals surface area contributed by atoms with Gasteiger partial charge in [-0.1, -0.05) is 71.6 Å². The summed E-state index contributed by atoms with van der Waals surface area (Å²) in [6, 6.07) is 22.5. The fourth-order valence-corrected chi connectivity index (χ4v) is 5.82. The second-order valence-electron chi connectivity index (χ2n) is 13.1. The number of hydrogen-bond donors (Lipinski definition) is 0. The average molecular weight is 759 g/mol. The van der Waals surface area contributed by atoms with Gasteiger partial charge in [0.05, 0.1) is 0 Å². The Hall–Kier alpha value is -2.08. The molecule has 0 spiro atoms. The molecule has 4 aromatic carbocycles. The summed E-state index contributed by atoms with van der Waals surface area (Å²) >= 11 is 0.733. The van der Waals surface area contributed by atoms with Gasteiger partial charge in [-0.15, -0.1) is 16.7 Å². The molecule has 9 heteroatoms. The molecule has 0 unspecified atom stereocenters. The maximum Gasteiger partial charge on any atom is -0.172 e. The third-order valence-electron chi connectivity index (χ3n) is 7.41. The van der Waals surface area contributed by atoms with Crippen LogP contribution in [-0.4, -0.2) is 3.71 Å². The third kappa shape index (κ3) is 10.7. The molecule has 46 heavy (non-hydrogen) atoms. The van der Waals surface area contributed by atoms with Gasteiger partial charge in [-0.2, -0.15) is 35.9 Å². The van der Waals surface area contributed by atoms with E-state index in [2.05, 4.69) is 79.7 Å². The molecule has 5 rings (SSSR count). The molecule has 0 aliphatic heterocycles. The maximum atomic E-state index is 12.3. The summed E-state index contributed by atoms with van der Waals surface area (Å²) in [6.45, 7) is 18.2. The Kier molecular flexibility index (Phi) is 14.5. The van der Waals surface area contributed by atoms with Crippen LogP contribution in [0.15, 0.2) is 66.7 Å². The first-order valence-corrected chi connectivity index (χ1v) is 15.7. The van der Waals surface area contributed by atoms with Crippen molar-refractivity contribution in [2.24, 2.45) is 0 Å². The van der Waals surface area contributed by atoms with Gasteiger partial charge in [-0.05, 0) is 35.4 Å². The van der Waals surface area contributed by atoms with Gasteiger partial charge in [0.15, 0.2) is 0 Å². The van der Waals surface area contributed by atoms with Crippen LogP contribution in [0, 0.1) is 19.9 Å². The van der Waals surface area contributed by atoms with Crippen LogP contribution in [0.3, 0.4) is 0 Å². The van der Waals surface area contributed by atoms with E-state index in [1.807, 2.05) is 30.3 Å². The van der Waals surface area contributed by atoms with Gasteiger partial charge in [0.2, 0.25) is 0 Å². The number of alkyl halides is 6. The average Bonchev–Trinajstić information content (AvgIpc) is 3.57. The minimum atomic E-state index is -4.77. The van der Waals surface area contributed by atoms with Crippen LogP contribution >= 0.6 is 0 Å². The SMILES string of the molecule is Cc1[c-]c2c(cc1C(C)(C)C)-c1cc(C(C)(C)C)c(C)cc1C2.FC(F)(F)c1cc([CH]=[Zr+2])cc(C(F)(F)F)c1.[Cl-].[Cl-].c1cc[cH-]c1. The minimum absolute atomic E-state index is 0. The van der Waals surface area contributed by atoms with Crippen molar-refractivity contribution in [2.75, 3.05) is 0 Å². The van der Waals surface area contributed by atoms with Crippen LogP contribution in [0.2, 0.25) is 0 Å². The van der Waals surface area contributed by atoms with Crippen LogP contribution in [-0.2, 0) is 53.8 Å². The predicted octanol–water partition coefficient (Wildman–Crippen LogP) is 5.10. The first-order chi connectivity index (χ1) is 20.1. The topological polar surface area (TPSA) is 0 Å². The Bertz CT molecular complexity index is 1490. The summed E-state index contributed by atoms with van der Waals surface area (Å²) in [5.41, 5.74) is 8.98. The summed E-state index contributed by atoms with van der Waals surface area (Å²) in [5, 5.41) is 0. The second kappa shape index (κ2) is 15.9. The molecule has 0 atom stereocenters. The Labute approximate surface area is 296 Å². The van der Waals surface area contributed by atoms with Gasteiger partial charge in [0.1, 0.15) is 0 Å². The van der Waals surface area contributed by atoms with Gasteiger partial charge in [0, 0.05) is 0 Å². The summed E-state index contributed by atoms with van der Waals surface area (Å²) in [6.07, 6.45) is -8.51. The number of fused-ring (bicyclic) bond motifs is 3. The second-order valence-corrected chi connectivity index (χ2v) is 13.9. The molecule has 0 heterocycles. The Balaban J connectivity index is 0.000000401. The molecule has 0 N–H and O–H groups in total. The van der Waals surface area contributed by atoms with Gasteiger partial charge < -0.3 is 24.8 Å². The standard InChI is InChI=1S/C23H29.C9H4F6.C5H5.2ClH.Zr/c1-14-9-16-11-17-10-15(2)21(23(6,7)8)13-19(17)18(16)12-20(14)22(3,4)5;1-5-2-6(8(10,11)12)4-7(3-5)9(13,14)15;1-2-4-5-3-1;;;/h9,12-13H,11H2,1-8H3;1-4H;1-5H;2*1H;/q-1;;-1;;;+2/p-2. The molecule has 0 amide bonds. The molecule has 0 saturated carbocycles. The Morgan fingerprint density at radius 2 is 1.17 bits per heavy atom. The minimum Gasteiger partial charge on any atom is -1.00 e. The molecule has 0 saturated heterocycles. The van der Waals surface area contributed by atoms with Crippen molar-refractivity contribution < 1.29 is 75.4 Å². The molecule has 0 nitrogen and oxygen atoms in total. The molecule has 0 fully saturated rings. The molecule has 1 aliphatic rings. The fraction of sp³-hybridized carbons (Fsp3) is 0.351. The van der Waals surface area contributed by atoms with Crippen LogP contribution in [0.1, 0.15) is 91.6 Å². The first kappa shape index (κ1) is 41.9. The van der Waals surface area contributed by atoms with Crippen molar-refractivity contribution in [2.45, 2.75) is 85.0 Å². The van der Waals surface area contributed by atoms with E-state index in [9.17, 15) is 26.3 Å². The number of benzene rings is 3. The molecule has 0 radical (unpaired) electrons. The normalized spacial score (nSPS) is 12.3. The van der Waals surface area contributed by atoms with Crippen LogP contribution < -0.4 is 24.8 Å². The zero-order valence-corrected chi connectivity index (χ0v) is 31.1. The molecular formula is C37H38Cl2F6Zr-2. The maximum absolute atomic E-state index is 12.3. The largest absolute Gasteiger partial charge is 1.00 e. The molecule has 0 bridgehead atoms. The zero-order valence-electron chi connectivity index (χ0n) is 27.2. The smallest absolute Gasteiger partial charge is 0.172 e. The van der Waals surface area contributed by atoms with Crippen LogP contribution in [0.5, 0.6) is 0 Å². The van der Waals surface area contributed by atoms with Crippen molar-refractivity contribution >= 4 is 3.71 Å². The van der Waals surface area contributed by atoms with Gasteiger partial charge in [-0.3, -0.25) is 0 Å². The summed E-state index contributed by atoms with van der Waals surface area (Å²) < 4.78 is 75.1. The Morgan fingerprint density at radius 1 is 0.696 bits per heavy atom. The van der Waals surface area contributed by atoms with Gasteiger partial charge >= 0.3 is 102 Å². The number of halogens is 8. The van der Waals surface area contributed by atoms with E-state index in [-0.39, 0.29) is 47.3 Å². The van der Waals surface area contributed by atoms with E-state index >= 15 is 0 Å². The van der Waals surface area contributed by atoms with Crippen molar-refractivity contribution in [1.82, 2.24) is 0 Å². The van der Waals surface area contributed by atoms with Gasteiger partial charge in [0.25, 0.3) is 0 Å². The van der Waals surface area contributed by atoms with Gasteiger partial charge in [-0.25, -0.2) is 12.1 Å². The van der Waals surface area contributed by atoms with Crippen LogP contribution in [0.4, 0.5) is 26.3 Å². The molecule has 1 aliphatic carbocycles. The fourth-order valence-electron chi connectivity index (χ4n) is 5.41. The van der Waals surface area contributed by atoms with E-state index < -0.39 is 23.5 Å². The monoisotopic (exact) mass is 756 g/mol. The van der Waals surface area contributed by atoms with E-state index in [1.165, 1.54) is 48.2 Å². The van der Waals surface area contributed by atoms with Crippen molar-refractivity contribution in [3.8, 4) is 11.1 Å². The first-order valence-electron chi connectivity index (χ1n) is 14.3. The van der Waals surface area contributed by atoms with Crippen LogP contribution in [0.25, 0.3) is 11.1 Å². The zero-order chi connectivity index (χ0) is 33.3. The molecule has 0 aromatic heterocycles. The molecular weight excluding hydrogens is 721 g/mol. The molecule has 248 valence electrons. The van der Waals surface area contributed by atoms with E-state index in [1.54, 1.807) is 0 Å².